The molecule has 0 amide bonds. The van der Waals surface area contributed by atoms with Crippen LogP contribution in [0.1, 0.15) is 5.56 Å². The van der Waals surface area contributed by atoms with Crippen LogP contribution in [0.25, 0.3) is 0 Å². The molecule has 0 aliphatic heterocycles. The van der Waals surface area contributed by atoms with Crippen molar-refractivity contribution in [1.82, 2.24) is 0 Å². The summed E-state index contributed by atoms with van der Waals surface area (Å²) in [6, 6.07) is 8.38. The predicted molar refractivity (Wildman–Crippen MR) is 80.6 cm³/mol. The average molecular weight is 326 g/mol. The van der Waals surface area contributed by atoms with E-state index in [4.69, 9.17) is 39.1 Å². The predicted octanol–water partition coefficient (Wildman–Crippen LogP) is 3.98. The molecule has 0 unspecified atom stereocenters. The van der Waals surface area contributed by atoms with Gasteiger partial charge in [0.1, 0.15) is 11.6 Å². The van der Waals surface area contributed by atoms with Gasteiger partial charge in [-0.2, -0.15) is 0 Å². The number of nitro groups is 1. The Bertz CT molecular complexity index is 673. The summed E-state index contributed by atoms with van der Waals surface area (Å²) in [4.78, 5) is 10.4. The normalized spacial score (nSPS) is 10.2. The van der Waals surface area contributed by atoms with E-state index < -0.39 is 4.92 Å². The summed E-state index contributed by atoms with van der Waals surface area (Å²) in [5.74, 6) is -0.163. The molecular weight excluding hydrogens is 317 g/mol. The summed E-state index contributed by atoms with van der Waals surface area (Å²) in [5, 5.41) is 19.1. The molecule has 6 nitrogen and oxygen atoms in total. The number of rotatable bonds is 4. The maximum atomic E-state index is 11.0. The maximum Gasteiger partial charge on any atom is 0.311 e. The number of nitrogens with two attached hydrogens (primary N) is 1. The lowest BCUT2D eigenvalue weighted by Gasteiger charge is -2.11. The van der Waals surface area contributed by atoms with Gasteiger partial charge in [0.05, 0.1) is 10.5 Å². The fourth-order valence-corrected chi connectivity index (χ4v) is 1.97. The summed E-state index contributed by atoms with van der Waals surface area (Å²) in [6.45, 7) is 0. The molecule has 0 saturated heterocycles. The highest BCUT2D eigenvalue weighted by atomic mass is 35.5. The van der Waals surface area contributed by atoms with Crippen LogP contribution in [0.15, 0.2) is 36.4 Å². The number of amidine groups is 1. The first-order valence-electron chi connectivity index (χ1n) is 5.64. The largest absolute Gasteiger partial charge is 0.449 e. The summed E-state index contributed by atoms with van der Waals surface area (Å²) in [7, 11) is 0. The monoisotopic (exact) mass is 325 g/mol. The number of hydrogen-bond acceptors (Lipinski definition) is 4. The quantitative estimate of drug-likeness (QED) is 0.384. The first-order valence-corrected chi connectivity index (χ1v) is 6.40. The molecule has 0 aliphatic carbocycles. The third kappa shape index (κ3) is 3.42. The highest BCUT2D eigenvalue weighted by Gasteiger charge is 2.18. The molecule has 0 fully saturated rings. The van der Waals surface area contributed by atoms with E-state index in [2.05, 4.69) is 0 Å². The molecular formula is C13H9Cl2N3O3. The van der Waals surface area contributed by atoms with Crippen LogP contribution in [0, 0.1) is 15.5 Å². The second-order valence-electron chi connectivity index (χ2n) is 4.03. The number of ether oxygens (including phenoxy) is 1. The van der Waals surface area contributed by atoms with Crippen LogP contribution in [-0.2, 0) is 0 Å². The maximum absolute atomic E-state index is 11.0. The fourth-order valence-electron chi connectivity index (χ4n) is 1.64. The SMILES string of the molecule is N=C(N)c1ccc(Cl)cc1Oc1cc(Cl)ccc1[N+](=O)[O-]. The lowest BCUT2D eigenvalue weighted by molar-refractivity contribution is -0.385. The van der Waals surface area contributed by atoms with Crippen molar-refractivity contribution in [3.63, 3.8) is 0 Å². The minimum absolute atomic E-state index is 0.0581. The Labute approximate surface area is 129 Å². The van der Waals surface area contributed by atoms with Crippen molar-refractivity contribution in [2.45, 2.75) is 0 Å². The number of benzene rings is 2. The molecule has 0 atom stereocenters. The molecule has 0 aliphatic rings. The number of nitro benzene ring substituents is 1. The molecule has 2 aromatic rings. The van der Waals surface area contributed by atoms with Gasteiger partial charge in [0.25, 0.3) is 0 Å². The van der Waals surface area contributed by atoms with Crippen molar-refractivity contribution in [1.29, 1.82) is 5.41 Å². The van der Waals surface area contributed by atoms with Crippen molar-refractivity contribution in [2.75, 3.05) is 0 Å². The van der Waals surface area contributed by atoms with Gasteiger partial charge in [0, 0.05) is 28.2 Å². The van der Waals surface area contributed by atoms with E-state index >= 15 is 0 Å². The molecule has 2 rings (SSSR count). The van der Waals surface area contributed by atoms with Gasteiger partial charge in [-0.1, -0.05) is 23.2 Å². The minimum Gasteiger partial charge on any atom is -0.449 e. The van der Waals surface area contributed by atoms with Gasteiger partial charge in [-0.05, 0) is 18.2 Å². The van der Waals surface area contributed by atoms with Crippen LogP contribution >= 0.6 is 23.2 Å². The van der Waals surface area contributed by atoms with E-state index in [-0.39, 0.29) is 33.6 Å². The van der Waals surface area contributed by atoms with Crippen LogP contribution in [0.3, 0.4) is 0 Å². The molecule has 21 heavy (non-hydrogen) atoms. The Morgan fingerprint density at radius 1 is 1.14 bits per heavy atom. The van der Waals surface area contributed by atoms with Gasteiger partial charge in [-0.15, -0.1) is 0 Å². The van der Waals surface area contributed by atoms with E-state index in [1.165, 1.54) is 36.4 Å². The van der Waals surface area contributed by atoms with Gasteiger partial charge < -0.3 is 10.5 Å². The molecule has 0 aromatic heterocycles. The molecule has 0 heterocycles. The zero-order chi connectivity index (χ0) is 15.6. The number of halogens is 2. The lowest BCUT2D eigenvalue weighted by Crippen LogP contribution is -2.12. The summed E-state index contributed by atoms with van der Waals surface area (Å²) in [6.07, 6.45) is 0. The molecule has 0 saturated carbocycles. The number of nitrogen functional groups attached to an aromatic ring is 1. The van der Waals surface area contributed by atoms with Crippen molar-refractivity contribution >= 4 is 34.7 Å². The van der Waals surface area contributed by atoms with E-state index in [9.17, 15) is 10.1 Å². The van der Waals surface area contributed by atoms with Crippen molar-refractivity contribution in [2.24, 2.45) is 5.73 Å². The Morgan fingerprint density at radius 3 is 2.29 bits per heavy atom. The van der Waals surface area contributed by atoms with Gasteiger partial charge >= 0.3 is 5.69 Å². The van der Waals surface area contributed by atoms with Gasteiger partial charge in [-0.25, -0.2) is 0 Å². The van der Waals surface area contributed by atoms with Gasteiger partial charge in [-0.3, -0.25) is 15.5 Å². The first kappa shape index (κ1) is 15.1. The van der Waals surface area contributed by atoms with Crippen LogP contribution in [0.5, 0.6) is 11.5 Å². The second kappa shape index (κ2) is 5.99. The molecule has 0 bridgehead atoms. The third-order valence-electron chi connectivity index (χ3n) is 2.57. The Hall–Kier alpha value is -2.31. The highest BCUT2D eigenvalue weighted by molar-refractivity contribution is 6.31. The standard InChI is InChI=1S/C13H9Cl2N3O3/c14-7-1-3-9(13(16)17)11(5-7)21-12-6-8(15)2-4-10(12)18(19)20/h1-6H,(H3,16,17). The molecule has 3 N–H and O–H groups in total. The van der Waals surface area contributed by atoms with Gasteiger partial charge in [0.2, 0.25) is 5.75 Å². The molecule has 2 aromatic carbocycles. The Morgan fingerprint density at radius 2 is 1.71 bits per heavy atom. The highest BCUT2D eigenvalue weighted by Crippen LogP contribution is 2.35. The zero-order valence-corrected chi connectivity index (χ0v) is 12.0. The van der Waals surface area contributed by atoms with Gasteiger partial charge in [0.15, 0.2) is 0 Å². The van der Waals surface area contributed by atoms with Crippen LogP contribution in [0.4, 0.5) is 5.69 Å². The summed E-state index contributed by atoms with van der Waals surface area (Å²) < 4.78 is 5.49. The molecule has 0 spiro atoms. The zero-order valence-electron chi connectivity index (χ0n) is 10.5. The fraction of sp³-hybridized carbons (Fsp3) is 0. The molecule has 0 radical (unpaired) electrons. The number of nitrogens with one attached hydrogen (secondary N) is 1. The van der Waals surface area contributed by atoms with Crippen molar-refractivity contribution in [3.05, 3.63) is 62.1 Å². The average Bonchev–Trinajstić information content (AvgIpc) is 2.38. The van der Waals surface area contributed by atoms with E-state index in [0.717, 1.165) is 0 Å². The van der Waals surface area contributed by atoms with Crippen LogP contribution < -0.4 is 10.5 Å². The topological polar surface area (TPSA) is 102 Å². The Balaban J connectivity index is 2.52. The minimum atomic E-state index is -0.594. The summed E-state index contributed by atoms with van der Waals surface area (Å²) >= 11 is 11.7. The van der Waals surface area contributed by atoms with E-state index in [0.29, 0.717) is 5.02 Å². The van der Waals surface area contributed by atoms with E-state index in [1.807, 2.05) is 0 Å². The number of hydrogen-bond donors (Lipinski definition) is 2. The van der Waals surface area contributed by atoms with Crippen LogP contribution in [0.2, 0.25) is 10.0 Å². The van der Waals surface area contributed by atoms with Crippen molar-refractivity contribution in [3.8, 4) is 11.5 Å². The third-order valence-corrected chi connectivity index (χ3v) is 3.04. The lowest BCUT2D eigenvalue weighted by atomic mass is 10.2. The summed E-state index contributed by atoms with van der Waals surface area (Å²) in [5.41, 5.74) is 5.46. The first-order chi connectivity index (χ1) is 9.88. The second-order valence-corrected chi connectivity index (χ2v) is 4.90. The van der Waals surface area contributed by atoms with Crippen molar-refractivity contribution < 1.29 is 9.66 Å². The molecule has 108 valence electrons. The molecule has 8 heteroatoms. The van der Waals surface area contributed by atoms with E-state index in [1.54, 1.807) is 0 Å². The number of nitrogens with zero attached hydrogens (tertiary/aromatic N) is 1. The smallest absolute Gasteiger partial charge is 0.311 e. The van der Waals surface area contributed by atoms with Crippen LogP contribution in [-0.4, -0.2) is 10.8 Å². The Kier molecular flexibility index (Phi) is 4.30.